The van der Waals surface area contributed by atoms with Crippen LogP contribution in [-0.2, 0) is 4.79 Å². The smallest absolute Gasteiger partial charge is 0.227 e. The third-order valence-corrected chi connectivity index (χ3v) is 3.29. The van der Waals surface area contributed by atoms with Gasteiger partial charge in [-0.2, -0.15) is 0 Å². The van der Waals surface area contributed by atoms with Crippen LogP contribution in [0.4, 0.5) is 0 Å². The first-order chi connectivity index (χ1) is 7.98. The fraction of sp³-hybridized carbons (Fsp3) is 0.571. The Labute approximate surface area is 103 Å². The van der Waals surface area contributed by atoms with Gasteiger partial charge >= 0.3 is 0 Å². The average Bonchev–Trinajstić information content (AvgIpc) is 2.77. The molecule has 2 rings (SSSR count). The second-order valence-corrected chi connectivity index (χ2v) is 5.77. The van der Waals surface area contributed by atoms with Crippen molar-refractivity contribution in [3.05, 3.63) is 30.1 Å². The quantitative estimate of drug-likeness (QED) is 0.745. The fourth-order valence-electron chi connectivity index (χ4n) is 2.33. The predicted molar refractivity (Wildman–Crippen MR) is 67.6 cm³/mol. The van der Waals surface area contributed by atoms with Gasteiger partial charge in [0.2, 0.25) is 5.91 Å². The van der Waals surface area contributed by atoms with Gasteiger partial charge in [-0.05, 0) is 24.1 Å². The third kappa shape index (κ3) is 2.65. The predicted octanol–water partition coefficient (Wildman–Crippen LogP) is 2.44. The Hall–Kier alpha value is -1.38. The lowest BCUT2D eigenvalue weighted by molar-refractivity contribution is -0.138. The summed E-state index contributed by atoms with van der Waals surface area (Å²) in [5, 5.41) is 0. The zero-order valence-corrected chi connectivity index (χ0v) is 10.8. The molecule has 1 unspecified atom stereocenters. The molecule has 1 aliphatic rings. The number of nitrogens with zero attached hydrogens (tertiary/aromatic N) is 2. The van der Waals surface area contributed by atoms with Gasteiger partial charge in [0, 0.05) is 36.8 Å². The van der Waals surface area contributed by atoms with Crippen LogP contribution in [0.3, 0.4) is 0 Å². The van der Waals surface area contributed by atoms with E-state index in [1.165, 1.54) is 5.56 Å². The maximum atomic E-state index is 12.2. The van der Waals surface area contributed by atoms with Crippen molar-refractivity contribution >= 4 is 5.91 Å². The molecule has 17 heavy (non-hydrogen) atoms. The SMILES string of the molecule is CC(C)(C)C(=O)N1CCC(c2ccncc2)C1. The molecule has 1 saturated heterocycles. The number of carbonyl (C=O) groups excluding carboxylic acids is 1. The van der Waals surface area contributed by atoms with Crippen LogP contribution in [0.15, 0.2) is 24.5 Å². The summed E-state index contributed by atoms with van der Waals surface area (Å²) in [6, 6.07) is 4.10. The van der Waals surface area contributed by atoms with Crippen molar-refractivity contribution in [2.75, 3.05) is 13.1 Å². The Morgan fingerprint density at radius 1 is 1.35 bits per heavy atom. The lowest BCUT2D eigenvalue weighted by atomic mass is 9.95. The number of likely N-dealkylation sites (tertiary alicyclic amines) is 1. The third-order valence-electron chi connectivity index (χ3n) is 3.29. The van der Waals surface area contributed by atoms with Crippen molar-refractivity contribution < 1.29 is 4.79 Å². The number of aromatic nitrogens is 1. The molecule has 0 aliphatic carbocycles. The van der Waals surface area contributed by atoms with E-state index in [2.05, 4.69) is 17.1 Å². The molecule has 1 aromatic heterocycles. The lowest BCUT2D eigenvalue weighted by Gasteiger charge is -2.25. The van der Waals surface area contributed by atoms with Crippen molar-refractivity contribution in [2.24, 2.45) is 5.41 Å². The van der Waals surface area contributed by atoms with Crippen molar-refractivity contribution in [1.82, 2.24) is 9.88 Å². The molecule has 3 heteroatoms. The Morgan fingerprint density at radius 3 is 2.59 bits per heavy atom. The second-order valence-electron chi connectivity index (χ2n) is 5.77. The van der Waals surface area contributed by atoms with Gasteiger partial charge in [-0.1, -0.05) is 20.8 Å². The van der Waals surface area contributed by atoms with Gasteiger partial charge in [-0.3, -0.25) is 9.78 Å². The first-order valence-electron chi connectivity index (χ1n) is 6.18. The number of amides is 1. The summed E-state index contributed by atoms with van der Waals surface area (Å²) in [5.74, 6) is 0.735. The van der Waals surface area contributed by atoms with E-state index in [1.807, 2.05) is 38.1 Å². The molecule has 1 atom stereocenters. The highest BCUT2D eigenvalue weighted by Crippen LogP contribution is 2.29. The molecule has 0 bridgehead atoms. The van der Waals surface area contributed by atoms with E-state index >= 15 is 0 Å². The van der Waals surface area contributed by atoms with E-state index in [9.17, 15) is 4.79 Å². The van der Waals surface area contributed by atoms with Gasteiger partial charge in [-0.15, -0.1) is 0 Å². The summed E-state index contributed by atoms with van der Waals surface area (Å²) in [7, 11) is 0. The topological polar surface area (TPSA) is 33.2 Å². The summed E-state index contributed by atoms with van der Waals surface area (Å²) < 4.78 is 0. The van der Waals surface area contributed by atoms with Gasteiger partial charge in [0.05, 0.1) is 0 Å². The van der Waals surface area contributed by atoms with E-state index in [0.29, 0.717) is 5.92 Å². The molecule has 0 saturated carbocycles. The standard InChI is InChI=1S/C14H20N2O/c1-14(2,3)13(17)16-9-6-12(10-16)11-4-7-15-8-5-11/h4-5,7-8,12H,6,9-10H2,1-3H3. The van der Waals surface area contributed by atoms with Gasteiger partial charge in [0.25, 0.3) is 0 Å². The summed E-state index contributed by atoms with van der Waals surface area (Å²) in [4.78, 5) is 18.2. The first kappa shape index (κ1) is 12.1. The van der Waals surface area contributed by atoms with E-state index < -0.39 is 0 Å². The zero-order chi connectivity index (χ0) is 12.5. The summed E-state index contributed by atoms with van der Waals surface area (Å²) in [5.41, 5.74) is 1.02. The molecule has 0 radical (unpaired) electrons. The zero-order valence-electron chi connectivity index (χ0n) is 10.8. The first-order valence-corrected chi connectivity index (χ1v) is 6.18. The molecular formula is C14H20N2O. The van der Waals surface area contributed by atoms with E-state index in [-0.39, 0.29) is 11.3 Å². The fourth-order valence-corrected chi connectivity index (χ4v) is 2.33. The highest BCUT2D eigenvalue weighted by atomic mass is 16.2. The maximum Gasteiger partial charge on any atom is 0.227 e. The van der Waals surface area contributed by atoms with Gasteiger partial charge in [0.1, 0.15) is 0 Å². The minimum atomic E-state index is -0.271. The lowest BCUT2D eigenvalue weighted by Crippen LogP contribution is -2.37. The van der Waals surface area contributed by atoms with Crippen LogP contribution in [0, 0.1) is 5.41 Å². The van der Waals surface area contributed by atoms with Gasteiger partial charge < -0.3 is 4.90 Å². The molecule has 1 aliphatic heterocycles. The Bertz CT molecular complexity index is 394. The average molecular weight is 232 g/mol. The van der Waals surface area contributed by atoms with E-state index in [0.717, 1.165) is 19.5 Å². The molecule has 2 heterocycles. The minimum Gasteiger partial charge on any atom is -0.342 e. The monoisotopic (exact) mass is 232 g/mol. The Balaban J connectivity index is 2.04. The van der Waals surface area contributed by atoms with E-state index in [1.54, 1.807) is 0 Å². The largest absolute Gasteiger partial charge is 0.342 e. The van der Waals surface area contributed by atoms with Crippen molar-refractivity contribution in [3.8, 4) is 0 Å². The molecule has 1 amide bonds. The number of hydrogen-bond acceptors (Lipinski definition) is 2. The van der Waals surface area contributed by atoms with E-state index in [4.69, 9.17) is 0 Å². The molecule has 1 fully saturated rings. The Kier molecular flexibility index (Phi) is 3.18. The normalized spacial score (nSPS) is 20.6. The minimum absolute atomic E-state index is 0.258. The maximum absolute atomic E-state index is 12.2. The summed E-state index contributed by atoms with van der Waals surface area (Å²) in [6.45, 7) is 7.67. The van der Waals surface area contributed by atoms with Crippen LogP contribution in [0.2, 0.25) is 0 Å². The second kappa shape index (κ2) is 4.47. The van der Waals surface area contributed by atoms with Crippen LogP contribution >= 0.6 is 0 Å². The molecular weight excluding hydrogens is 212 g/mol. The molecule has 0 N–H and O–H groups in total. The number of pyridine rings is 1. The summed E-state index contributed by atoms with van der Waals surface area (Å²) >= 11 is 0. The molecule has 1 aromatic rings. The highest BCUT2D eigenvalue weighted by Gasteiger charge is 2.33. The molecule has 3 nitrogen and oxygen atoms in total. The highest BCUT2D eigenvalue weighted by molar-refractivity contribution is 5.81. The van der Waals surface area contributed by atoms with Crippen molar-refractivity contribution in [1.29, 1.82) is 0 Å². The Morgan fingerprint density at radius 2 is 2.00 bits per heavy atom. The molecule has 92 valence electrons. The number of rotatable bonds is 1. The van der Waals surface area contributed by atoms with Gasteiger partial charge in [0.15, 0.2) is 0 Å². The number of hydrogen-bond donors (Lipinski definition) is 0. The van der Waals surface area contributed by atoms with Crippen LogP contribution < -0.4 is 0 Å². The number of carbonyl (C=O) groups is 1. The molecule has 0 aromatic carbocycles. The van der Waals surface area contributed by atoms with Crippen molar-refractivity contribution in [2.45, 2.75) is 33.1 Å². The van der Waals surface area contributed by atoms with Gasteiger partial charge in [-0.25, -0.2) is 0 Å². The van der Waals surface area contributed by atoms with Crippen molar-refractivity contribution in [3.63, 3.8) is 0 Å². The molecule has 0 spiro atoms. The van der Waals surface area contributed by atoms with Crippen LogP contribution in [0.5, 0.6) is 0 Å². The van der Waals surface area contributed by atoms with Crippen LogP contribution in [0.25, 0.3) is 0 Å². The van der Waals surface area contributed by atoms with Crippen LogP contribution in [0.1, 0.15) is 38.7 Å². The van der Waals surface area contributed by atoms with Crippen LogP contribution in [-0.4, -0.2) is 28.9 Å². The summed E-state index contributed by atoms with van der Waals surface area (Å²) in [6.07, 6.45) is 4.71.